The third kappa shape index (κ3) is 11.5. The minimum Gasteiger partial charge on any atom is -0.466 e. The fraction of sp³-hybridized carbons (Fsp3) is 0.652. The number of carbonyl (C=O) groups excluding carboxylic acids is 2. The fourth-order valence-corrected chi connectivity index (χ4v) is 2.82. The predicted octanol–water partition coefficient (Wildman–Crippen LogP) is 6.06. The number of aryl methyl sites for hydroxylation is 2. The Morgan fingerprint density at radius 2 is 1.41 bits per heavy atom. The molecule has 0 N–H and O–H groups in total. The molecule has 0 saturated carbocycles. The highest BCUT2D eigenvalue weighted by Gasteiger charge is 2.06. The molecule has 0 aromatic heterocycles. The molecular formula is C23H36O4. The summed E-state index contributed by atoms with van der Waals surface area (Å²) in [4.78, 5) is 23.4. The molecule has 0 fully saturated rings. The molecule has 0 unspecified atom stereocenters. The Hall–Kier alpha value is -1.84. The molecule has 0 heterocycles. The molecule has 0 amide bonds. The smallest absolute Gasteiger partial charge is 0.311 e. The molecule has 4 heteroatoms. The van der Waals surface area contributed by atoms with Crippen molar-refractivity contribution in [1.29, 1.82) is 0 Å². The first kappa shape index (κ1) is 23.2. The third-order valence-electron chi connectivity index (χ3n) is 4.73. The van der Waals surface area contributed by atoms with E-state index in [1.165, 1.54) is 5.56 Å². The molecule has 0 saturated heterocycles. The summed E-state index contributed by atoms with van der Waals surface area (Å²) < 4.78 is 10.6. The van der Waals surface area contributed by atoms with Gasteiger partial charge in [-0.05, 0) is 56.4 Å². The second-order valence-corrected chi connectivity index (χ2v) is 7.27. The summed E-state index contributed by atoms with van der Waals surface area (Å²) >= 11 is 0. The quantitative estimate of drug-likeness (QED) is 0.225. The molecule has 4 nitrogen and oxygen atoms in total. The molecule has 1 aromatic rings. The van der Waals surface area contributed by atoms with Crippen LogP contribution < -0.4 is 4.74 Å². The van der Waals surface area contributed by atoms with Crippen LogP contribution in [-0.4, -0.2) is 18.5 Å². The Kier molecular flexibility index (Phi) is 12.2. The van der Waals surface area contributed by atoms with Crippen LogP contribution in [0.25, 0.3) is 0 Å². The van der Waals surface area contributed by atoms with Crippen molar-refractivity contribution in [3.8, 4) is 5.75 Å². The first-order valence-corrected chi connectivity index (χ1v) is 10.5. The molecule has 0 aliphatic rings. The number of hydrogen-bond acceptors (Lipinski definition) is 4. The van der Waals surface area contributed by atoms with Gasteiger partial charge in [0.2, 0.25) is 0 Å². The summed E-state index contributed by atoms with van der Waals surface area (Å²) in [5, 5.41) is 0. The average Bonchev–Trinajstić information content (AvgIpc) is 2.64. The number of unbranched alkanes of at least 4 members (excludes halogenated alkanes) is 7. The maximum Gasteiger partial charge on any atom is 0.311 e. The lowest BCUT2D eigenvalue weighted by atomic mass is 10.1. The van der Waals surface area contributed by atoms with Gasteiger partial charge in [-0.2, -0.15) is 0 Å². The van der Waals surface area contributed by atoms with E-state index in [0.717, 1.165) is 63.4 Å². The standard InChI is InChI=1S/C23H36O4/c1-4-5-12-17-26-22(24)13-10-8-6-7-9-11-14-23(25)27-21-16-15-19(2)20(3)18-21/h15-16,18H,4-14,17H2,1-3H3. The van der Waals surface area contributed by atoms with Gasteiger partial charge in [0.15, 0.2) is 0 Å². The van der Waals surface area contributed by atoms with E-state index in [-0.39, 0.29) is 11.9 Å². The minimum absolute atomic E-state index is 0.0693. The van der Waals surface area contributed by atoms with Gasteiger partial charge in [-0.15, -0.1) is 0 Å². The lowest BCUT2D eigenvalue weighted by Gasteiger charge is -2.07. The molecule has 27 heavy (non-hydrogen) atoms. The van der Waals surface area contributed by atoms with Crippen LogP contribution in [0.4, 0.5) is 0 Å². The van der Waals surface area contributed by atoms with Crippen molar-refractivity contribution in [1.82, 2.24) is 0 Å². The zero-order chi connectivity index (χ0) is 19.9. The molecule has 0 aliphatic carbocycles. The van der Waals surface area contributed by atoms with Gasteiger partial charge in [0.1, 0.15) is 5.75 Å². The van der Waals surface area contributed by atoms with Crippen molar-refractivity contribution >= 4 is 11.9 Å². The van der Waals surface area contributed by atoms with Gasteiger partial charge in [-0.1, -0.05) is 51.5 Å². The first-order valence-electron chi connectivity index (χ1n) is 10.5. The van der Waals surface area contributed by atoms with Crippen molar-refractivity contribution in [3.63, 3.8) is 0 Å². The highest BCUT2D eigenvalue weighted by atomic mass is 16.5. The second kappa shape index (κ2) is 14.2. The SMILES string of the molecule is CCCCCOC(=O)CCCCCCCCC(=O)Oc1ccc(C)c(C)c1. The van der Waals surface area contributed by atoms with E-state index < -0.39 is 0 Å². The maximum atomic E-state index is 11.9. The number of hydrogen-bond donors (Lipinski definition) is 0. The van der Waals surface area contributed by atoms with Crippen LogP contribution in [0.1, 0.15) is 88.7 Å². The Labute approximate surface area is 164 Å². The van der Waals surface area contributed by atoms with Gasteiger partial charge in [-0.25, -0.2) is 0 Å². The lowest BCUT2D eigenvalue weighted by molar-refractivity contribution is -0.144. The number of carbonyl (C=O) groups is 2. The van der Waals surface area contributed by atoms with Crippen LogP contribution in [-0.2, 0) is 14.3 Å². The fourth-order valence-electron chi connectivity index (χ4n) is 2.82. The van der Waals surface area contributed by atoms with E-state index >= 15 is 0 Å². The van der Waals surface area contributed by atoms with Gasteiger partial charge in [0.05, 0.1) is 6.61 Å². The summed E-state index contributed by atoms with van der Waals surface area (Å²) in [5.74, 6) is 0.397. The van der Waals surface area contributed by atoms with Gasteiger partial charge in [0.25, 0.3) is 0 Å². The first-order chi connectivity index (χ1) is 13.0. The Bertz CT molecular complexity index is 565. The molecule has 1 rings (SSSR count). The largest absolute Gasteiger partial charge is 0.466 e. The van der Waals surface area contributed by atoms with Crippen LogP contribution >= 0.6 is 0 Å². The summed E-state index contributed by atoms with van der Waals surface area (Å²) in [7, 11) is 0. The molecule has 0 spiro atoms. The van der Waals surface area contributed by atoms with E-state index in [2.05, 4.69) is 6.92 Å². The highest BCUT2D eigenvalue weighted by Crippen LogP contribution is 2.17. The third-order valence-corrected chi connectivity index (χ3v) is 4.73. The number of ether oxygens (including phenoxy) is 2. The van der Waals surface area contributed by atoms with Crippen LogP contribution in [0.2, 0.25) is 0 Å². The summed E-state index contributed by atoms with van der Waals surface area (Å²) in [6, 6.07) is 5.72. The number of esters is 2. The van der Waals surface area contributed by atoms with Gasteiger partial charge >= 0.3 is 11.9 Å². The topological polar surface area (TPSA) is 52.6 Å². The normalized spacial score (nSPS) is 10.6. The Balaban J connectivity index is 1.97. The van der Waals surface area contributed by atoms with E-state index in [1.807, 2.05) is 32.0 Å². The molecule has 0 atom stereocenters. The van der Waals surface area contributed by atoms with Crippen molar-refractivity contribution in [2.24, 2.45) is 0 Å². The highest BCUT2D eigenvalue weighted by molar-refractivity contribution is 5.72. The minimum atomic E-state index is -0.163. The molecule has 0 aliphatic heterocycles. The molecule has 0 bridgehead atoms. The molecule has 1 aromatic carbocycles. The molecule has 152 valence electrons. The predicted molar refractivity (Wildman–Crippen MR) is 109 cm³/mol. The zero-order valence-electron chi connectivity index (χ0n) is 17.4. The summed E-state index contributed by atoms with van der Waals surface area (Å²) in [6.07, 6.45) is 10.2. The molecular weight excluding hydrogens is 340 g/mol. The maximum absolute atomic E-state index is 11.9. The van der Waals surface area contributed by atoms with E-state index in [4.69, 9.17) is 9.47 Å². The van der Waals surface area contributed by atoms with Crippen molar-refractivity contribution in [2.75, 3.05) is 6.61 Å². The van der Waals surface area contributed by atoms with Crippen LogP contribution in [0.3, 0.4) is 0 Å². The second-order valence-electron chi connectivity index (χ2n) is 7.27. The molecule has 0 radical (unpaired) electrons. The lowest BCUT2D eigenvalue weighted by Crippen LogP contribution is -2.07. The summed E-state index contributed by atoms with van der Waals surface area (Å²) in [6.45, 7) is 6.75. The van der Waals surface area contributed by atoms with Crippen molar-refractivity contribution in [3.05, 3.63) is 29.3 Å². The van der Waals surface area contributed by atoms with Gasteiger partial charge < -0.3 is 9.47 Å². The van der Waals surface area contributed by atoms with Crippen molar-refractivity contribution in [2.45, 2.75) is 91.4 Å². The van der Waals surface area contributed by atoms with Crippen LogP contribution in [0.5, 0.6) is 5.75 Å². The number of benzene rings is 1. The number of rotatable bonds is 14. The Morgan fingerprint density at radius 3 is 2.04 bits per heavy atom. The van der Waals surface area contributed by atoms with E-state index in [1.54, 1.807) is 0 Å². The average molecular weight is 377 g/mol. The Morgan fingerprint density at radius 1 is 0.778 bits per heavy atom. The van der Waals surface area contributed by atoms with E-state index in [9.17, 15) is 9.59 Å². The van der Waals surface area contributed by atoms with Crippen LogP contribution in [0, 0.1) is 13.8 Å². The van der Waals surface area contributed by atoms with Crippen LogP contribution in [0.15, 0.2) is 18.2 Å². The monoisotopic (exact) mass is 376 g/mol. The van der Waals surface area contributed by atoms with E-state index in [0.29, 0.717) is 25.2 Å². The van der Waals surface area contributed by atoms with Crippen molar-refractivity contribution < 1.29 is 19.1 Å². The van der Waals surface area contributed by atoms with Gasteiger partial charge in [-0.3, -0.25) is 9.59 Å². The summed E-state index contributed by atoms with van der Waals surface area (Å²) in [5.41, 5.74) is 2.32. The zero-order valence-corrected chi connectivity index (χ0v) is 17.4. The van der Waals surface area contributed by atoms with Gasteiger partial charge in [0, 0.05) is 12.8 Å².